The Kier molecular flexibility index (Phi) is 5.37. The maximum atomic E-state index is 12.4. The minimum absolute atomic E-state index is 0.0100. The predicted molar refractivity (Wildman–Crippen MR) is 85.2 cm³/mol. The monoisotopic (exact) mass is 328 g/mol. The lowest BCUT2D eigenvalue weighted by Gasteiger charge is -2.35. The van der Waals surface area contributed by atoms with Crippen LogP contribution in [-0.2, 0) is 4.74 Å². The Labute approximate surface area is 135 Å². The van der Waals surface area contributed by atoms with E-state index in [0.29, 0.717) is 35.3 Å². The first kappa shape index (κ1) is 16.7. The highest BCUT2D eigenvalue weighted by Gasteiger charge is 2.26. The Morgan fingerprint density at radius 1 is 1.23 bits per heavy atom. The Hall–Kier alpha value is -1.66. The van der Waals surface area contributed by atoms with Crippen molar-refractivity contribution in [2.24, 2.45) is 0 Å². The lowest BCUT2D eigenvalue weighted by Crippen LogP contribution is -2.49. The van der Waals surface area contributed by atoms with E-state index < -0.39 is 0 Å². The molecule has 0 aliphatic carbocycles. The van der Waals surface area contributed by atoms with E-state index in [2.05, 4.69) is 5.32 Å². The Morgan fingerprint density at radius 2 is 1.82 bits per heavy atom. The van der Waals surface area contributed by atoms with Gasteiger partial charge in [-0.15, -0.1) is 0 Å². The summed E-state index contributed by atoms with van der Waals surface area (Å²) in [7, 11) is 3.05. The van der Waals surface area contributed by atoms with Crippen LogP contribution in [-0.4, -0.2) is 50.4 Å². The zero-order valence-corrected chi connectivity index (χ0v) is 13.9. The third-order valence-corrected chi connectivity index (χ3v) is 3.72. The van der Waals surface area contributed by atoms with Crippen LogP contribution in [0.25, 0.3) is 0 Å². The first-order valence-corrected chi connectivity index (χ1v) is 7.45. The predicted octanol–water partition coefficient (Wildman–Crippen LogP) is 3.00. The lowest BCUT2D eigenvalue weighted by molar-refractivity contribution is -0.0530. The van der Waals surface area contributed by atoms with Crippen molar-refractivity contribution in [2.45, 2.75) is 26.1 Å². The van der Waals surface area contributed by atoms with Crippen LogP contribution in [0.2, 0.25) is 5.02 Å². The van der Waals surface area contributed by atoms with Crippen LogP contribution in [0.5, 0.6) is 11.5 Å². The van der Waals surface area contributed by atoms with Crippen molar-refractivity contribution >= 4 is 23.3 Å². The summed E-state index contributed by atoms with van der Waals surface area (Å²) < 4.78 is 16.0. The van der Waals surface area contributed by atoms with Gasteiger partial charge in [-0.3, -0.25) is 0 Å². The number of nitrogens with zero attached hydrogens (tertiary/aromatic N) is 1. The number of urea groups is 1. The summed E-state index contributed by atoms with van der Waals surface area (Å²) in [6.45, 7) is 4.98. The van der Waals surface area contributed by atoms with Gasteiger partial charge in [0.05, 0.1) is 37.1 Å². The second-order valence-electron chi connectivity index (χ2n) is 5.28. The molecular weight excluding hydrogens is 308 g/mol. The molecule has 1 aromatic carbocycles. The number of carbonyl (C=O) groups excluding carboxylic acids is 1. The molecule has 0 bridgehead atoms. The number of nitrogens with one attached hydrogen (secondary N) is 1. The molecule has 2 amide bonds. The highest BCUT2D eigenvalue weighted by Crippen LogP contribution is 2.36. The fourth-order valence-corrected chi connectivity index (χ4v) is 2.74. The van der Waals surface area contributed by atoms with E-state index in [0.717, 1.165) is 0 Å². The molecule has 0 unspecified atom stereocenters. The van der Waals surface area contributed by atoms with Crippen molar-refractivity contribution in [1.82, 2.24) is 4.90 Å². The van der Waals surface area contributed by atoms with Crippen LogP contribution in [0.15, 0.2) is 12.1 Å². The number of benzene rings is 1. The molecule has 1 heterocycles. The summed E-state index contributed by atoms with van der Waals surface area (Å²) in [5, 5.41) is 3.24. The van der Waals surface area contributed by atoms with Crippen LogP contribution in [0.4, 0.5) is 10.5 Å². The van der Waals surface area contributed by atoms with Gasteiger partial charge in [-0.2, -0.15) is 0 Å². The SMILES string of the molecule is COc1cc(OC)c(NC(=O)N2C[C@@H](C)O[C@H](C)C2)cc1Cl. The fraction of sp³-hybridized carbons (Fsp3) is 0.533. The third-order valence-electron chi connectivity index (χ3n) is 3.42. The van der Waals surface area contributed by atoms with Gasteiger partial charge in [0.1, 0.15) is 11.5 Å². The molecule has 1 N–H and O–H groups in total. The van der Waals surface area contributed by atoms with Gasteiger partial charge in [0.25, 0.3) is 0 Å². The van der Waals surface area contributed by atoms with E-state index in [1.807, 2.05) is 13.8 Å². The molecule has 7 heteroatoms. The standard InChI is InChI=1S/C15H21ClN2O4/c1-9-7-18(8-10(2)22-9)15(19)17-12-5-11(16)13(20-3)6-14(12)21-4/h5-6,9-10H,7-8H2,1-4H3,(H,17,19)/t9-,10-/m1/s1. The van der Waals surface area contributed by atoms with E-state index in [-0.39, 0.29) is 18.2 Å². The summed E-state index contributed by atoms with van der Waals surface area (Å²) in [6, 6.07) is 3.05. The first-order valence-electron chi connectivity index (χ1n) is 7.07. The van der Waals surface area contributed by atoms with Gasteiger partial charge in [0.2, 0.25) is 0 Å². The summed E-state index contributed by atoms with van der Waals surface area (Å²) in [5.41, 5.74) is 0.505. The van der Waals surface area contributed by atoms with Crippen molar-refractivity contribution in [2.75, 3.05) is 32.6 Å². The van der Waals surface area contributed by atoms with Gasteiger partial charge in [0.15, 0.2) is 0 Å². The van der Waals surface area contributed by atoms with E-state index in [1.54, 1.807) is 17.0 Å². The highest BCUT2D eigenvalue weighted by atomic mass is 35.5. The Morgan fingerprint density at radius 3 is 2.36 bits per heavy atom. The normalized spacial score (nSPS) is 21.4. The van der Waals surface area contributed by atoms with Gasteiger partial charge in [-0.25, -0.2) is 4.79 Å². The summed E-state index contributed by atoms with van der Waals surface area (Å²) >= 11 is 6.11. The number of morpholine rings is 1. The average molecular weight is 329 g/mol. The van der Waals surface area contributed by atoms with Gasteiger partial charge < -0.3 is 24.4 Å². The zero-order valence-electron chi connectivity index (χ0n) is 13.2. The molecule has 0 radical (unpaired) electrons. The molecule has 22 heavy (non-hydrogen) atoms. The minimum atomic E-state index is -0.207. The number of ether oxygens (including phenoxy) is 3. The lowest BCUT2D eigenvalue weighted by atomic mass is 10.2. The van der Waals surface area contributed by atoms with Crippen molar-refractivity contribution in [3.05, 3.63) is 17.2 Å². The second-order valence-corrected chi connectivity index (χ2v) is 5.69. The number of halogens is 1. The van der Waals surface area contributed by atoms with Crippen molar-refractivity contribution < 1.29 is 19.0 Å². The molecule has 0 aromatic heterocycles. The zero-order chi connectivity index (χ0) is 16.3. The average Bonchev–Trinajstić information content (AvgIpc) is 2.46. The minimum Gasteiger partial charge on any atom is -0.495 e. The van der Waals surface area contributed by atoms with Crippen LogP contribution >= 0.6 is 11.6 Å². The number of anilines is 1. The van der Waals surface area contributed by atoms with Crippen molar-refractivity contribution in [3.8, 4) is 11.5 Å². The molecule has 0 spiro atoms. The number of hydrogen-bond acceptors (Lipinski definition) is 4. The number of methoxy groups -OCH3 is 2. The molecular formula is C15H21ClN2O4. The molecule has 1 aromatic rings. The smallest absolute Gasteiger partial charge is 0.322 e. The molecule has 1 saturated heterocycles. The summed E-state index contributed by atoms with van der Waals surface area (Å²) in [5.74, 6) is 0.981. The van der Waals surface area contributed by atoms with E-state index in [1.165, 1.54) is 14.2 Å². The van der Waals surface area contributed by atoms with Crippen molar-refractivity contribution in [3.63, 3.8) is 0 Å². The van der Waals surface area contributed by atoms with Gasteiger partial charge >= 0.3 is 6.03 Å². The summed E-state index contributed by atoms with van der Waals surface area (Å²) in [4.78, 5) is 14.1. The summed E-state index contributed by atoms with van der Waals surface area (Å²) in [6.07, 6.45) is 0.0201. The number of carbonyl (C=O) groups is 1. The van der Waals surface area contributed by atoms with E-state index >= 15 is 0 Å². The van der Waals surface area contributed by atoms with Gasteiger partial charge in [0, 0.05) is 19.2 Å². The Balaban J connectivity index is 2.15. The fourth-order valence-electron chi connectivity index (χ4n) is 2.50. The molecule has 1 aliphatic heterocycles. The van der Waals surface area contributed by atoms with Crippen LogP contribution in [0.3, 0.4) is 0 Å². The van der Waals surface area contributed by atoms with Crippen LogP contribution < -0.4 is 14.8 Å². The van der Waals surface area contributed by atoms with Gasteiger partial charge in [-0.05, 0) is 19.9 Å². The molecule has 0 saturated carbocycles. The number of amides is 2. The maximum absolute atomic E-state index is 12.4. The quantitative estimate of drug-likeness (QED) is 0.926. The molecule has 6 nitrogen and oxygen atoms in total. The maximum Gasteiger partial charge on any atom is 0.322 e. The molecule has 1 fully saturated rings. The second kappa shape index (κ2) is 7.07. The van der Waals surface area contributed by atoms with Crippen molar-refractivity contribution in [1.29, 1.82) is 0 Å². The van der Waals surface area contributed by atoms with E-state index in [9.17, 15) is 4.79 Å². The molecule has 122 valence electrons. The molecule has 2 rings (SSSR count). The van der Waals surface area contributed by atoms with E-state index in [4.69, 9.17) is 25.8 Å². The van der Waals surface area contributed by atoms with Gasteiger partial charge in [-0.1, -0.05) is 11.6 Å². The third kappa shape index (κ3) is 3.75. The molecule has 1 aliphatic rings. The van der Waals surface area contributed by atoms with Crippen LogP contribution in [0, 0.1) is 0 Å². The number of rotatable bonds is 3. The van der Waals surface area contributed by atoms with Crippen LogP contribution in [0.1, 0.15) is 13.8 Å². The largest absolute Gasteiger partial charge is 0.495 e. The Bertz CT molecular complexity index is 543. The highest BCUT2D eigenvalue weighted by molar-refractivity contribution is 6.32. The topological polar surface area (TPSA) is 60.0 Å². The number of hydrogen-bond donors (Lipinski definition) is 1. The first-order chi connectivity index (χ1) is 10.4. The molecule has 2 atom stereocenters.